The van der Waals surface area contributed by atoms with Crippen LogP contribution in [0, 0.1) is 5.41 Å². The minimum Gasteiger partial charge on any atom is -0.350 e. The molecule has 2 N–H and O–H groups in total. The number of nitrogens with one attached hydrogen (secondary N) is 2. The fourth-order valence-electron chi connectivity index (χ4n) is 2.83. The van der Waals surface area contributed by atoms with Gasteiger partial charge in [0.1, 0.15) is 5.41 Å². The molecule has 2 aromatic rings. The highest BCUT2D eigenvalue weighted by Crippen LogP contribution is 2.47. The molecule has 1 saturated carbocycles. The molecular weight excluding hydrogens is 326 g/mol. The highest BCUT2D eigenvalue weighted by molar-refractivity contribution is 6.13. The minimum atomic E-state index is -0.947. The Morgan fingerprint density at radius 1 is 1.04 bits per heavy atom. The van der Waals surface area contributed by atoms with Crippen LogP contribution >= 0.6 is 0 Å². The predicted molar refractivity (Wildman–Crippen MR) is 102 cm³/mol. The van der Waals surface area contributed by atoms with Crippen LogP contribution in [0.3, 0.4) is 0 Å². The zero-order chi connectivity index (χ0) is 18.8. The molecule has 5 heteroatoms. The number of rotatable bonds is 5. The van der Waals surface area contributed by atoms with Gasteiger partial charge in [-0.2, -0.15) is 0 Å². The molecule has 136 valence electrons. The SMILES string of the molecule is CC(C)(C)c1ccc(NC(=O)C2(C(=O)NCc3ccccn3)CC2)cc1. The fourth-order valence-corrected chi connectivity index (χ4v) is 2.83. The van der Waals surface area contributed by atoms with Crippen LogP contribution in [0.2, 0.25) is 0 Å². The van der Waals surface area contributed by atoms with Crippen molar-refractivity contribution in [1.82, 2.24) is 10.3 Å². The highest BCUT2D eigenvalue weighted by atomic mass is 16.2. The number of anilines is 1. The van der Waals surface area contributed by atoms with Crippen LogP contribution in [0.5, 0.6) is 0 Å². The smallest absolute Gasteiger partial charge is 0.240 e. The van der Waals surface area contributed by atoms with E-state index in [1.54, 1.807) is 6.20 Å². The first-order chi connectivity index (χ1) is 12.3. The number of pyridine rings is 1. The van der Waals surface area contributed by atoms with E-state index < -0.39 is 5.41 Å². The highest BCUT2D eigenvalue weighted by Gasteiger charge is 2.56. The topological polar surface area (TPSA) is 71.1 Å². The molecule has 0 atom stereocenters. The number of nitrogens with zero attached hydrogens (tertiary/aromatic N) is 1. The molecule has 1 aromatic heterocycles. The molecule has 1 aliphatic rings. The second-order valence-corrected chi connectivity index (χ2v) is 7.87. The molecule has 2 amide bonds. The van der Waals surface area contributed by atoms with Gasteiger partial charge in [0.25, 0.3) is 0 Å². The normalized spacial score (nSPS) is 15.2. The van der Waals surface area contributed by atoms with Gasteiger partial charge in [0.15, 0.2) is 0 Å². The summed E-state index contributed by atoms with van der Waals surface area (Å²) in [5, 5.41) is 5.72. The third kappa shape index (κ3) is 3.93. The molecule has 0 unspecified atom stereocenters. The van der Waals surface area contributed by atoms with Gasteiger partial charge < -0.3 is 10.6 Å². The maximum atomic E-state index is 12.6. The van der Waals surface area contributed by atoms with Gasteiger partial charge in [-0.05, 0) is 48.1 Å². The maximum Gasteiger partial charge on any atom is 0.240 e. The number of amides is 2. The summed E-state index contributed by atoms with van der Waals surface area (Å²) in [6, 6.07) is 13.3. The Labute approximate surface area is 154 Å². The van der Waals surface area contributed by atoms with E-state index in [-0.39, 0.29) is 17.2 Å². The van der Waals surface area contributed by atoms with Crippen LogP contribution in [0.1, 0.15) is 44.9 Å². The first-order valence-corrected chi connectivity index (χ1v) is 8.91. The second kappa shape index (κ2) is 6.90. The van der Waals surface area contributed by atoms with Crippen molar-refractivity contribution in [3.63, 3.8) is 0 Å². The largest absolute Gasteiger partial charge is 0.350 e. The van der Waals surface area contributed by atoms with Crippen molar-refractivity contribution >= 4 is 17.5 Å². The maximum absolute atomic E-state index is 12.6. The molecule has 1 aliphatic carbocycles. The van der Waals surface area contributed by atoms with Crippen LogP contribution in [-0.4, -0.2) is 16.8 Å². The lowest BCUT2D eigenvalue weighted by atomic mass is 9.87. The molecule has 5 nitrogen and oxygen atoms in total. The van der Waals surface area contributed by atoms with Crippen molar-refractivity contribution in [2.75, 3.05) is 5.32 Å². The van der Waals surface area contributed by atoms with Crippen molar-refractivity contribution in [3.05, 3.63) is 59.9 Å². The summed E-state index contributed by atoms with van der Waals surface area (Å²) < 4.78 is 0. The lowest BCUT2D eigenvalue weighted by Gasteiger charge is -2.20. The third-order valence-electron chi connectivity index (χ3n) is 4.78. The summed E-state index contributed by atoms with van der Waals surface area (Å²) in [6.45, 7) is 6.76. The van der Waals surface area contributed by atoms with Crippen molar-refractivity contribution in [1.29, 1.82) is 0 Å². The third-order valence-corrected chi connectivity index (χ3v) is 4.78. The van der Waals surface area contributed by atoms with Crippen molar-refractivity contribution in [2.45, 2.75) is 45.6 Å². The fraction of sp³-hybridized carbons (Fsp3) is 0.381. The Bertz CT molecular complexity index is 788. The molecule has 0 bridgehead atoms. The number of carbonyl (C=O) groups excluding carboxylic acids is 2. The Balaban J connectivity index is 1.61. The van der Waals surface area contributed by atoms with Gasteiger partial charge in [-0.1, -0.05) is 39.0 Å². The Kier molecular flexibility index (Phi) is 4.81. The number of hydrogen-bond acceptors (Lipinski definition) is 3. The Morgan fingerprint density at radius 3 is 2.27 bits per heavy atom. The van der Waals surface area contributed by atoms with Crippen molar-refractivity contribution in [3.8, 4) is 0 Å². The predicted octanol–water partition coefficient (Wildman–Crippen LogP) is 3.41. The van der Waals surface area contributed by atoms with E-state index in [2.05, 4.69) is 36.4 Å². The van der Waals surface area contributed by atoms with Gasteiger partial charge in [0.05, 0.1) is 12.2 Å². The second-order valence-electron chi connectivity index (χ2n) is 7.87. The van der Waals surface area contributed by atoms with E-state index >= 15 is 0 Å². The molecule has 0 radical (unpaired) electrons. The summed E-state index contributed by atoms with van der Waals surface area (Å²) in [5.41, 5.74) is 1.80. The van der Waals surface area contributed by atoms with Crippen LogP contribution in [0.15, 0.2) is 48.7 Å². The van der Waals surface area contributed by atoms with Gasteiger partial charge in [0.2, 0.25) is 11.8 Å². The average Bonchev–Trinajstić information content (AvgIpc) is 3.42. The van der Waals surface area contributed by atoms with Crippen LogP contribution in [-0.2, 0) is 21.5 Å². The monoisotopic (exact) mass is 351 g/mol. The summed E-state index contributed by atoms with van der Waals surface area (Å²) in [7, 11) is 0. The number of benzene rings is 1. The van der Waals surface area contributed by atoms with Crippen LogP contribution in [0.25, 0.3) is 0 Å². The Hall–Kier alpha value is -2.69. The van der Waals surface area contributed by atoms with E-state index in [0.29, 0.717) is 25.1 Å². The van der Waals surface area contributed by atoms with Crippen LogP contribution < -0.4 is 10.6 Å². The number of aromatic nitrogens is 1. The van der Waals surface area contributed by atoms with E-state index in [1.807, 2.05) is 42.5 Å². The summed E-state index contributed by atoms with van der Waals surface area (Å²) in [4.78, 5) is 29.3. The summed E-state index contributed by atoms with van der Waals surface area (Å²) >= 11 is 0. The van der Waals surface area contributed by atoms with Gasteiger partial charge in [-0.15, -0.1) is 0 Å². The van der Waals surface area contributed by atoms with E-state index in [4.69, 9.17) is 0 Å². The Morgan fingerprint density at radius 2 is 1.73 bits per heavy atom. The quantitative estimate of drug-likeness (QED) is 0.811. The van der Waals surface area contributed by atoms with E-state index in [1.165, 1.54) is 5.56 Å². The van der Waals surface area contributed by atoms with Gasteiger partial charge >= 0.3 is 0 Å². The standard InChI is InChI=1S/C21H25N3O2/c1-20(2,3)15-7-9-16(10-8-15)24-19(26)21(11-12-21)18(25)23-14-17-6-4-5-13-22-17/h4-10,13H,11-12,14H2,1-3H3,(H,23,25)(H,24,26). The minimum absolute atomic E-state index is 0.0611. The molecule has 3 rings (SSSR count). The molecule has 1 aromatic carbocycles. The number of hydrogen-bond donors (Lipinski definition) is 2. The van der Waals surface area contributed by atoms with E-state index in [9.17, 15) is 9.59 Å². The van der Waals surface area contributed by atoms with Gasteiger partial charge in [0, 0.05) is 11.9 Å². The molecule has 1 heterocycles. The molecule has 0 saturated heterocycles. The van der Waals surface area contributed by atoms with Crippen molar-refractivity contribution < 1.29 is 9.59 Å². The lowest BCUT2D eigenvalue weighted by Crippen LogP contribution is -2.39. The molecule has 0 spiro atoms. The molecule has 26 heavy (non-hydrogen) atoms. The molecule has 1 fully saturated rings. The average molecular weight is 351 g/mol. The zero-order valence-corrected chi connectivity index (χ0v) is 15.5. The summed E-state index contributed by atoms with van der Waals surface area (Å²) in [6.07, 6.45) is 2.84. The van der Waals surface area contributed by atoms with Gasteiger partial charge in [-0.25, -0.2) is 0 Å². The molecular formula is C21H25N3O2. The van der Waals surface area contributed by atoms with Crippen molar-refractivity contribution in [2.24, 2.45) is 5.41 Å². The number of carbonyl (C=O) groups is 2. The van der Waals surface area contributed by atoms with E-state index in [0.717, 1.165) is 5.69 Å². The first-order valence-electron chi connectivity index (χ1n) is 8.91. The summed E-state index contributed by atoms with van der Waals surface area (Å²) in [5.74, 6) is -0.466. The lowest BCUT2D eigenvalue weighted by molar-refractivity contribution is -0.134. The zero-order valence-electron chi connectivity index (χ0n) is 15.5. The van der Waals surface area contributed by atoms with Gasteiger partial charge in [-0.3, -0.25) is 14.6 Å². The first kappa shape index (κ1) is 18.1. The van der Waals surface area contributed by atoms with Crippen LogP contribution in [0.4, 0.5) is 5.69 Å². The molecule has 0 aliphatic heterocycles.